The van der Waals surface area contributed by atoms with Crippen LogP contribution in [0.4, 0.5) is 11.8 Å². The number of hydrogen-bond acceptors (Lipinski definition) is 7. The van der Waals surface area contributed by atoms with E-state index in [1.54, 1.807) is 19.5 Å². The van der Waals surface area contributed by atoms with Gasteiger partial charge in [-0.2, -0.15) is 0 Å². The Balaban J connectivity index is 1.74. The second kappa shape index (κ2) is 6.26. The Morgan fingerprint density at radius 3 is 2.85 bits per heavy atom. The number of anilines is 2. The van der Waals surface area contributed by atoms with Crippen molar-refractivity contribution in [2.75, 3.05) is 44.1 Å². The van der Waals surface area contributed by atoms with E-state index in [4.69, 9.17) is 9.72 Å². The van der Waals surface area contributed by atoms with E-state index in [0.717, 1.165) is 55.8 Å². The quantitative estimate of drug-likeness (QED) is 0.882. The Kier molecular flexibility index (Phi) is 4.05. The number of H-pyrrole nitrogens is 1. The smallest absolute Gasteiger partial charge is 0.257 e. The second-order valence-electron chi connectivity index (χ2n) is 7.31. The van der Waals surface area contributed by atoms with E-state index in [-0.39, 0.29) is 11.0 Å². The van der Waals surface area contributed by atoms with Crippen LogP contribution < -0.4 is 20.1 Å². The highest BCUT2D eigenvalue weighted by molar-refractivity contribution is 5.50. The Bertz CT molecular complexity index is 880. The molecule has 2 aliphatic rings. The topological polar surface area (TPSA) is 87.2 Å². The minimum Gasteiger partial charge on any atom is -0.478 e. The van der Waals surface area contributed by atoms with Crippen molar-refractivity contribution >= 4 is 11.8 Å². The zero-order valence-corrected chi connectivity index (χ0v) is 15.4. The molecule has 2 aromatic rings. The normalized spacial score (nSPS) is 21.7. The lowest BCUT2D eigenvalue weighted by atomic mass is 9.77. The SMILES string of the molecule is COc1nccnc1N1CCCC2(CCc3c2nc(N(C)C)[nH]c3=O)C1. The highest BCUT2D eigenvalue weighted by atomic mass is 16.5. The first-order chi connectivity index (χ1) is 12.5. The third-order valence-electron chi connectivity index (χ3n) is 5.50. The molecule has 1 atom stereocenters. The standard InChI is InChI=1S/C18H24N6O2/c1-23(2)17-21-13-12(15(25)22-17)5-7-18(13)6-4-10-24(11-18)14-16(26-3)20-9-8-19-14/h8-9H,4-7,10-11H2,1-3H3,(H,21,22,25). The molecule has 4 rings (SSSR count). The highest BCUT2D eigenvalue weighted by Gasteiger charge is 2.45. The molecular weight excluding hydrogens is 332 g/mol. The Morgan fingerprint density at radius 2 is 2.08 bits per heavy atom. The summed E-state index contributed by atoms with van der Waals surface area (Å²) in [5.74, 6) is 1.92. The van der Waals surface area contributed by atoms with Crippen LogP contribution in [0.3, 0.4) is 0 Å². The number of methoxy groups -OCH3 is 1. The van der Waals surface area contributed by atoms with Crippen molar-refractivity contribution in [1.82, 2.24) is 19.9 Å². The van der Waals surface area contributed by atoms with Crippen LogP contribution in [0.15, 0.2) is 17.2 Å². The fourth-order valence-corrected chi connectivity index (χ4v) is 4.24. The summed E-state index contributed by atoms with van der Waals surface area (Å²) in [6.07, 6.45) is 7.09. The van der Waals surface area contributed by atoms with E-state index in [1.165, 1.54) is 0 Å². The fraction of sp³-hybridized carbons (Fsp3) is 0.556. The van der Waals surface area contributed by atoms with Crippen molar-refractivity contribution in [3.63, 3.8) is 0 Å². The summed E-state index contributed by atoms with van der Waals surface area (Å²) in [6, 6.07) is 0. The van der Waals surface area contributed by atoms with E-state index >= 15 is 0 Å². The van der Waals surface area contributed by atoms with Crippen LogP contribution in [0.25, 0.3) is 0 Å². The maximum absolute atomic E-state index is 12.5. The van der Waals surface area contributed by atoms with Crippen LogP contribution in [-0.2, 0) is 11.8 Å². The number of nitrogens with zero attached hydrogens (tertiary/aromatic N) is 5. The Labute approximate surface area is 152 Å². The van der Waals surface area contributed by atoms with Crippen LogP contribution in [0.5, 0.6) is 5.88 Å². The average molecular weight is 356 g/mol. The molecule has 0 radical (unpaired) electrons. The molecule has 138 valence electrons. The zero-order valence-electron chi connectivity index (χ0n) is 15.4. The molecule has 1 aliphatic carbocycles. The number of aromatic amines is 1. The largest absolute Gasteiger partial charge is 0.478 e. The van der Waals surface area contributed by atoms with Gasteiger partial charge in [0.25, 0.3) is 11.4 Å². The molecule has 26 heavy (non-hydrogen) atoms. The molecule has 0 aromatic carbocycles. The van der Waals surface area contributed by atoms with Crippen LogP contribution in [-0.4, -0.2) is 54.2 Å². The van der Waals surface area contributed by atoms with Gasteiger partial charge in [-0.3, -0.25) is 9.78 Å². The number of rotatable bonds is 3. The number of fused-ring (bicyclic) bond motifs is 2. The number of hydrogen-bond donors (Lipinski definition) is 1. The fourth-order valence-electron chi connectivity index (χ4n) is 4.24. The van der Waals surface area contributed by atoms with E-state index in [1.807, 2.05) is 19.0 Å². The molecule has 1 unspecified atom stereocenters. The first-order valence-corrected chi connectivity index (χ1v) is 8.95. The Morgan fingerprint density at radius 1 is 1.27 bits per heavy atom. The molecule has 1 saturated heterocycles. The van der Waals surface area contributed by atoms with Gasteiger partial charge in [0, 0.05) is 50.6 Å². The first-order valence-electron chi connectivity index (χ1n) is 8.95. The predicted molar refractivity (Wildman–Crippen MR) is 99.2 cm³/mol. The summed E-state index contributed by atoms with van der Waals surface area (Å²) in [6.45, 7) is 1.67. The van der Waals surface area contributed by atoms with Gasteiger partial charge in [0.05, 0.1) is 12.8 Å². The molecule has 8 nitrogen and oxygen atoms in total. The number of ether oxygens (including phenoxy) is 1. The van der Waals surface area contributed by atoms with Gasteiger partial charge in [-0.05, 0) is 25.7 Å². The molecular formula is C18H24N6O2. The van der Waals surface area contributed by atoms with Crippen molar-refractivity contribution in [3.8, 4) is 5.88 Å². The minimum absolute atomic E-state index is 0.00946. The maximum Gasteiger partial charge on any atom is 0.257 e. The summed E-state index contributed by atoms with van der Waals surface area (Å²) < 4.78 is 5.40. The van der Waals surface area contributed by atoms with E-state index in [0.29, 0.717) is 11.8 Å². The van der Waals surface area contributed by atoms with Crippen molar-refractivity contribution in [2.24, 2.45) is 0 Å². The van der Waals surface area contributed by atoms with Crippen molar-refractivity contribution in [1.29, 1.82) is 0 Å². The lowest BCUT2D eigenvalue weighted by Crippen LogP contribution is -2.46. The van der Waals surface area contributed by atoms with E-state index in [2.05, 4.69) is 19.9 Å². The minimum atomic E-state index is -0.116. The lowest BCUT2D eigenvalue weighted by molar-refractivity contribution is 0.328. The number of piperidine rings is 1. The summed E-state index contributed by atoms with van der Waals surface area (Å²) in [4.78, 5) is 33.1. The first kappa shape index (κ1) is 16.8. The van der Waals surface area contributed by atoms with Crippen LogP contribution >= 0.6 is 0 Å². The van der Waals surface area contributed by atoms with Gasteiger partial charge in [0.2, 0.25) is 5.95 Å². The van der Waals surface area contributed by atoms with Crippen molar-refractivity contribution < 1.29 is 4.74 Å². The second-order valence-corrected chi connectivity index (χ2v) is 7.31. The predicted octanol–water partition coefficient (Wildman–Crippen LogP) is 1.12. The monoisotopic (exact) mass is 356 g/mol. The maximum atomic E-state index is 12.5. The molecule has 1 aliphatic heterocycles. The van der Waals surface area contributed by atoms with Crippen LogP contribution in [0.2, 0.25) is 0 Å². The number of nitrogens with one attached hydrogen (secondary N) is 1. The van der Waals surface area contributed by atoms with Crippen LogP contribution in [0.1, 0.15) is 30.5 Å². The molecule has 1 N–H and O–H groups in total. The molecule has 0 bridgehead atoms. The van der Waals surface area contributed by atoms with Crippen molar-refractivity contribution in [2.45, 2.75) is 31.1 Å². The van der Waals surface area contributed by atoms with Gasteiger partial charge in [-0.15, -0.1) is 0 Å². The van der Waals surface area contributed by atoms with Crippen LogP contribution in [0, 0.1) is 0 Å². The average Bonchev–Trinajstić information content (AvgIpc) is 3.00. The van der Waals surface area contributed by atoms with Gasteiger partial charge < -0.3 is 14.5 Å². The summed E-state index contributed by atoms with van der Waals surface area (Å²) in [7, 11) is 5.40. The number of aromatic nitrogens is 4. The lowest BCUT2D eigenvalue weighted by Gasteiger charge is -2.41. The molecule has 0 saturated carbocycles. The summed E-state index contributed by atoms with van der Waals surface area (Å²) in [5, 5.41) is 0. The van der Waals surface area contributed by atoms with Gasteiger partial charge in [0.15, 0.2) is 5.82 Å². The molecule has 3 heterocycles. The third-order valence-corrected chi connectivity index (χ3v) is 5.50. The summed E-state index contributed by atoms with van der Waals surface area (Å²) >= 11 is 0. The molecule has 2 aromatic heterocycles. The highest BCUT2D eigenvalue weighted by Crippen LogP contribution is 2.44. The Hall–Kier alpha value is -2.64. The van der Waals surface area contributed by atoms with Gasteiger partial charge >= 0.3 is 0 Å². The van der Waals surface area contributed by atoms with Gasteiger partial charge in [-0.1, -0.05) is 0 Å². The summed E-state index contributed by atoms with van der Waals surface area (Å²) in [5.41, 5.74) is 1.67. The third kappa shape index (κ3) is 2.60. The zero-order chi connectivity index (χ0) is 18.3. The molecule has 0 amide bonds. The van der Waals surface area contributed by atoms with E-state index < -0.39 is 0 Å². The molecule has 1 spiro atoms. The van der Waals surface area contributed by atoms with Gasteiger partial charge in [-0.25, -0.2) is 15.0 Å². The molecule has 1 fully saturated rings. The van der Waals surface area contributed by atoms with Gasteiger partial charge in [0.1, 0.15) is 0 Å². The van der Waals surface area contributed by atoms with Crippen molar-refractivity contribution in [3.05, 3.63) is 34.0 Å². The van der Waals surface area contributed by atoms with E-state index in [9.17, 15) is 4.79 Å². The molecule has 8 heteroatoms.